The average Bonchev–Trinajstić information content (AvgIpc) is 2.48. The van der Waals surface area contributed by atoms with E-state index in [1.165, 1.54) is 5.69 Å². The van der Waals surface area contributed by atoms with Crippen LogP contribution in [0.5, 0.6) is 0 Å². The van der Waals surface area contributed by atoms with Gasteiger partial charge in [-0.3, -0.25) is 0 Å². The summed E-state index contributed by atoms with van der Waals surface area (Å²) >= 11 is 5.87. The van der Waals surface area contributed by atoms with Gasteiger partial charge in [0.15, 0.2) is 0 Å². The van der Waals surface area contributed by atoms with Gasteiger partial charge in [-0.1, -0.05) is 17.7 Å². The van der Waals surface area contributed by atoms with Crippen LogP contribution in [0.25, 0.3) is 0 Å². The zero-order valence-electron chi connectivity index (χ0n) is 11.2. The van der Waals surface area contributed by atoms with Crippen LogP contribution < -0.4 is 15.5 Å². The van der Waals surface area contributed by atoms with Crippen LogP contribution in [0.3, 0.4) is 0 Å². The molecule has 0 aliphatic carbocycles. The zero-order chi connectivity index (χ0) is 13.9. The summed E-state index contributed by atoms with van der Waals surface area (Å²) in [5.74, 6) is 0.988. The maximum absolute atomic E-state index is 5.87. The third-order valence-corrected chi connectivity index (χ3v) is 3.77. The molecular weight excluding hydrogens is 272 g/mol. The lowest BCUT2D eigenvalue weighted by Gasteiger charge is -2.36. The van der Waals surface area contributed by atoms with E-state index < -0.39 is 0 Å². The maximum Gasteiger partial charge on any atom is 0.128 e. The average molecular weight is 289 g/mol. The summed E-state index contributed by atoms with van der Waals surface area (Å²) in [4.78, 5) is 9.00. The van der Waals surface area contributed by atoms with Gasteiger partial charge in [-0.25, -0.2) is 4.98 Å². The highest BCUT2D eigenvalue weighted by Crippen LogP contribution is 2.21. The molecular formula is C15H17ClN4. The van der Waals surface area contributed by atoms with Crippen molar-refractivity contribution >= 4 is 28.8 Å². The molecule has 0 amide bonds. The summed E-state index contributed by atoms with van der Waals surface area (Å²) < 4.78 is 0. The molecule has 1 aromatic carbocycles. The zero-order valence-corrected chi connectivity index (χ0v) is 11.9. The van der Waals surface area contributed by atoms with Crippen LogP contribution in [0, 0.1) is 0 Å². The van der Waals surface area contributed by atoms with Gasteiger partial charge >= 0.3 is 0 Å². The molecule has 1 aliphatic rings. The molecule has 2 N–H and O–H groups in total. The molecule has 5 heteroatoms. The van der Waals surface area contributed by atoms with Crippen LogP contribution in [0.15, 0.2) is 42.6 Å². The third-order valence-electron chi connectivity index (χ3n) is 3.55. The number of hydrogen-bond acceptors (Lipinski definition) is 4. The molecule has 1 fully saturated rings. The van der Waals surface area contributed by atoms with Crippen LogP contribution in [-0.2, 0) is 0 Å². The number of aromatic nitrogens is 1. The van der Waals surface area contributed by atoms with E-state index in [9.17, 15) is 0 Å². The Labute approximate surface area is 123 Å². The molecule has 1 saturated heterocycles. The number of nitrogens with two attached hydrogens (primary N) is 1. The lowest BCUT2D eigenvalue weighted by Crippen LogP contribution is -2.46. The van der Waals surface area contributed by atoms with Gasteiger partial charge in [-0.2, -0.15) is 0 Å². The largest absolute Gasteiger partial charge is 0.399 e. The number of hydrogen-bond donors (Lipinski definition) is 1. The maximum atomic E-state index is 5.87. The van der Waals surface area contributed by atoms with Crippen LogP contribution >= 0.6 is 11.6 Å². The second-order valence-corrected chi connectivity index (χ2v) is 5.34. The molecule has 0 radical (unpaired) electrons. The summed E-state index contributed by atoms with van der Waals surface area (Å²) in [6.07, 6.45) is 1.70. The van der Waals surface area contributed by atoms with Gasteiger partial charge in [0.25, 0.3) is 0 Å². The second-order valence-electron chi connectivity index (χ2n) is 4.90. The van der Waals surface area contributed by atoms with Gasteiger partial charge in [-0.05, 0) is 30.3 Å². The number of nitrogen functional groups attached to an aromatic ring is 1. The molecule has 0 atom stereocenters. The Bertz CT molecular complexity index is 577. The van der Waals surface area contributed by atoms with E-state index >= 15 is 0 Å². The topological polar surface area (TPSA) is 45.4 Å². The second kappa shape index (κ2) is 5.59. The van der Waals surface area contributed by atoms with Crippen molar-refractivity contribution in [2.75, 3.05) is 41.7 Å². The Morgan fingerprint density at radius 3 is 2.40 bits per heavy atom. The Hall–Kier alpha value is -1.94. The molecule has 0 unspecified atom stereocenters. The highest BCUT2D eigenvalue weighted by molar-refractivity contribution is 6.30. The van der Waals surface area contributed by atoms with Crippen molar-refractivity contribution in [3.63, 3.8) is 0 Å². The van der Waals surface area contributed by atoms with Crippen LogP contribution in [0.2, 0.25) is 5.02 Å². The summed E-state index contributed by atoms with van der Waals surface area (Å²) in [5.41, 5.74) is 7.84. The molecule has 1 aliphatic heterocycles. The monoisotopic (exact) mass is 288 g/mol. The number of rotatable bonds is 2. The first kappa shape index (κ1) is 13.1. The first-order chi connectivity index (χ1) is 9.72. The van der Waals surface area contributed by atoms with E-state index in [2.05, 4.69) is 20.9 Å². The summed E-state index contributed by atoms with van der Waals surface area (Å²) in [7, 11) is 0. The van der Waals surface area contributed by atoms with Crippen molar-refractivity contribution in [3.05, 3.63) is 47.6 Å². The highest BCUT2D eigenvalue weighted by Gasteiger charge is 2.18. The highest BCUT2D eigenvalue weighted by atomic mass is 35.5. The SMILES string of the molecule is Nc1cccc(N2CCN(c3ccc(Cl)cn3)CC2)c1. The Morgan fingerprint density at radius 2 is 1.75 bits per heavy atom. The van der Waals surface area contributed by atoms with Gasteiger partial charge in [-0.15, -0.1) is 0 Å². The van der Waals surface area contributed by atoms with E-state index in [-0.39, 0.29) is 0 Å². The van der Waals surface area contributed by atoms with Gasteiger partial charge < -0.3 is 15.5 Å². The minimum absolute atomic E-state index is 0.673. The van der Waals surface area contributed by atoms with E-state index in [0.29, 0.717) is 5.02 Å². The van der Waals surface area contributed by atoms with Crippen molar-refractivity contribution in [3.8, 4) is 0 Å². The summed E-state index contributed by atoms with van der Waals surface area (Å²) in [5, 5.41) is 0.673. The van der Waals surface area contributed by atoms with Crippen LogP contribution in [-0.4, -0.2) is 31.2 Å². The minimum Gasteiger partial charge on any atom is -0.399 e. The summed E-state index contributed by atoms with van der Waals surface area (Å²) in [6, 6.07) is 11.9. The lowest BCUT2D eigenvalue weighted by atomic mass is 10.2. The third kappa shape index (κ3) is 2.80. The lowest BCUT2D eigenvalue weighted by molar-refractivity contribution is 0.647. The van der Waals surface area contributed by atoms with Gasteiger partial charge in [0.1, 0.15) is 5.82 Å². The Kier molecular flexibility index (Phi) is 3.65. The van der Waals surface area contributed by atoms with E-state index in [1.807, 2.05) is 30.3 Å². The molecule has 3 rings (SSSR count). The van der Waals surface area contributed by atoms with E-state index in [1.54, 1.807) is 6.20 Å². The quantitative estimate of drug-likeness (QED) is 0.863. The fourth-order valence-electron chi connectivity index (χ4n) is 2.47. The van der Waals surface area contributed by atoms with Crippen molar-refractivity contribution in [1.29, 1.82) is 0 Å². The first-order valence-electron chi connectivity index (χ1n) is 6.69. The van der Waals surface area contributed by atoms with Crippen molar-refractivity contribution < 1.29 is 0 Å². The fourth-order valence-corrected chi connectivity index (χ4v) is 2.58. The number of nitrogens with zero attached hydrogens (tertiary/aromatic N) is 3. The molecule has 2 heterocycles. The number of pyridine rings is 1. The molecule has 0 bridgehead atoms. The van der Waals surface area contributed by atoms with E-state index in [0.717, 1.165) is 37.7 Å². The Balaban J connectivity index is 1.66. The van der Waals surface area contributed by atoms with Crippen molar-refractivity contribution in [2.45, 2.75) is 0 Å². The smallest absolute Gasteiger partial charge is 0.128 e. The van der Waals surface area contributed by atoms with Gasteiger partial charge in [0.05, 0.1) is 5.02 Å². The first-order valence-corrected chi connectivity index (χ1v) is 7.07. The molecule has 0 spiro atoms. The van der Waals surface area contributed by atoms with Crippen molar-refractivity contribution in [1.82, 2.24) is 4.98 Å². The number of halogens is 1. The number of benzene rings is 1. The fraction of sp³-hybridized carbons (Fsp3) is 0.267. The van der Waals surface area contributed by atoms with E-state index in [4.69, 9.17) is 17.3 Å². The summed E-state index contributed by atoms with van der Waals surface area (Å²) in [6.45, 7) is 3.83. The van der Waals surface area contributed by atoms with Crippen LogP contribution in [0.1, 0.15) is 0 Å². The molecule has 20 heavy (non-hydrogen) atoms. The molecule has 104 valence electrons. The molecule has 4 nitrogen and oxygen atoms in total. The Morgan fingerprint density at radius 1 is 1.00 bits per heavy atom. The molecule has 2 aromatic rings. The number of anilines is 3. The molecule has 1 aromatic heterocycles. The van der Waals surface area contributed by atoms with Gasteiger partial charge in [0.2, 0.25) is 0 Å². The minimum atomic E-state index is 0.673. The van der Waals surface area contributed by atoms with Crippen molar-refractivity contribution in [2.24, 2.45) is 0 Å². The predicted molar refractivity (Wildman–Crippen MR) is 84.5 cm³/mol. The standard InChI is InChI=1S/C15H17ClN4/c16-12-4-5-15(18-11-12)20-8-6-19(7-9-20)14-3-1-2-13(17)10-14/h1-5,10-11H,6-9,17H2. The normalized spacial score (nSPS) is 15.4. The number of piperazine rings is 1. The van der Waals surface area contributed by atoms with Crippen LogP contribution in [0.4, 0.5) is 17.2 Å². The predicted octanol–water partition coefficient (Wildman–Crippen LogP) is 2.64. The van der Waals surface area contributed by atoms with Gasteiger partial charge in [0, 0.05) is 43.8 Å². The molecule has 0 saturated carbocycles.